The van der Waals surface area contributed by atoms with E-state index in [-0.39, 0.29) is 12.6 Å². The number of rotatable bonds is 4. The summed E-state index contributed by atoms with van der Waals surface area (Å²) in [6.45, 7) is 6.24. The molecule has 0 radical (unpaired) electrons. The number of hydrogen-bond acceptors (Lipinski definition) is 6. The summed E-state index contributed by atoms with van der Waals surface area (Å²) in [5, 5.41) is 11.0. The zero-order chi connectivity index (χ0) is 23.1. The Bertz CT molecular complexity index is 1310. The number of terminal acetylenes is 1. The highest BCUT2D eigenvalue weighted by atomic mass is 16.5. The smallest absolute Gasteiger partial charge is 0.338 e. The van der Waals surface area contributed by atoms with Crippen LogP contribution >= 0.6 is 0 Å². The molecule has 1 unspecified atom stereocenters. The summed E-state index contributed by atoms with van der Waals surface area (Å²) < 4.78 is 5.13. The summed E-state index contributed by atoms with van der Waals surface area (Å²) in [5.41, 5.74) is 8.29. The van der Waals surface area contributed by atoms with Gasteiger partial charge in [-0.05, 0) is 54.8 Å². The average Bonchev–Trinajstić information content (AvgIpc) is 3.20. The molecule has 2 aliphatic rings. The molecule has 1 N–H and O–H groups in total. The monoisotopic (exact) mass is 439 g/mol. The molecule has 5 rings (SSSR count). The average molecular weight is 440 g/mol. The minimum Gasteiger partial charge on any atom is -0.457 e. The molecule has 2 aliphatic heterocycles. The minimum atomic E-state index is -0.648. The van der Waals surface area contributed by atoms with Gasteiger partial charge in [-0.25, -0.2) is 14.8 Å². The molecule has 0 aliphatic carbocycles. The molecule has 0 bridgehead atoms. The first-order chi connectivity index (χ1) is 15.9. The Kier molecular flexibility index (Phi) is 5.45. The van der Waals surface area contributed by atoms with Crippen molar-refractivity contribution >= 4 is 5.97 Å². The third-order valence-electron chi connectivity index (χ3n) is 6.64. The van der Waals surface area contributed by atoms with Gasteiger partial charge in [0, 0.05) is 54.5 Å². The summed E-state index contributed by atoms with van der Waals surface area (Å²) in [6, 6.07) is 9.47. The SMILES string of the molecule is C#Cc1ccc(-c2ncc3c(n2)CCN(CC(O)c2ccc4c(c2C)COC4=O)C3)c(C)c1. The second kappa shape index (κ2) is 8.43. The fourth-order valence-corrected chi connectivity index (χ4v) is 4.74. The molecule has 6 heteroatoms. The van der Waals surface area contributed by atoms with Crippen LogP contribution in [0.3, 0.4) is 0 Å². The van der Waals surface area contributed by atoms with Gasteiger partial charge in [-0.1, -0.05) is 12.0 Å². The number of aliphatic hydroxyl groups excluding tert-OH is 1. The maximum atomic E-state index is 11.8. The van der Waals surface area contributed by atoms with E-state index < -0.39 is 6.10 Å². The summed E-state index contributed by atoms with van der Waals surface area (Å²) in [5.74, 6) is 3.09. The zero-order valence-electron chi connectivity index (χ0n) is 18.8. The Morgan fingerprint density at radius 3 is 2.85 bits per heavy atom. The molecule has 6 nitrogen and oxygen atoms in total. The molecule has 0 spiro atoms. The van der Waals surface area contributed by atoms with Crippen molar-refractivity contribution in [2.24, 2.45) is 0 Å². The van der Waals surface area contributed by atoms with Gasteiger partial charge in [0.15, 0.2) is 5.82 Å². The summed E-state index contributed by atoms with van der Waals surface area (Å²) >= 11 is 0. The predicted octanol–water partition coefficient (Wildman–Crippen LogP) is 3.50. The van der Waals surface area contributed by atoms with E-state index in [1.165, 1.54) is 0 Å². The van der Waals surface area contributed by atoms with Crippen molar-refractivity contribution in [1.29, 1.82) is 0 Å². The highest BCUT2D eigenvalue weighted by molar-refractivity contribution is 5.93. The van der Waals surface area contributed by atoms with Gasteiger partial charge in [0.25, 0.3) is 0 Å². The van der Waals surface area contributed by atoms with Crippen LogP contribution in [0.4, 0.5) is 0 Å². The quantitative estimate of drug-likeness (QED) is 0.495. The van der Waals surface area contributed by atoms with Gasteiger partial charge in [-0.15, -0.1) is 6.42 Å². The van der Waals surface area contributed by atoms with Crippen molar-refractivity contribution in [2.45, 2.75) is 39.5 Å². The van der Waals surface area contributed by atoms with E-state index in [1.54, 1.807) is 6.07 Å². The second-order valence-electron chi connectivity index (χ2n) is 8.72. The Hall–Kier alpha value is -3.53. The van der Waals surface area contributed by atoms with E-state index >= 15 is 0 Å². The summed E-state index contributed by atoms with van der Waals surface area (Å²) in [7, 11) is 0. The van der Waals surface area contributed by atoms with Gasteiger partial charge < -0.3 is 9.84 Å². The Balaban J connectivity index is 1.31. The van der Waals surface area contributed by atoms with Crippen LogP contribution < -0.4 is 0 Å². The minimum absolute atomic E-state index is 0.280. The van der Waals surface area contributed by atoms with Crippen LogP contribution in [0, 0.1) is 26.2 Å². The number of benzene rings is 2. The number of carbonyl (C=O) groups is 1. The number of esters is 1. The van der Waals surface area contributed by atoms with Gasteiger partial charge in [0.1, 0.15) is 6.61 Å². The van der Waals surface area contributed by atoms with Crippen LogP contribution in [0.15, 0.2) is 36.5 Å². The topological polar surface area (TPSA) is 75.6 Å². The van der Waals surface area contributed by atoms with Gasteiger partial charge in [-0.2, -0.15) is 0 Å². The van der Waals surface area contributed by atoms with Crippen LogP contribution in [0.2, 0.25) is 0 Å². The van der Waals surface area contributed by atoms with Crippen molar-refractivity contribution in [3.05, 3.63) is 81.2 Å². The van der Waals surface area contributed by atoms with Gasteiger partial charge in [0.05, 0.1) is 17.4 Å². The fraction of sp³-hybridized carbons (Fsp3) is 0.296. The predicted molar refractivity (Wildman–Crippen MR) is 124 cm³/mol. The maximum Gasteiger partial charge on any atom is 0.338 e. The molecule has 33 heavy (non-hydrogen) atoms. The third kappa shape index (κ3) is 3.91. The largest absolute Gasteiger partial charge is 0.457 e. The lowest BCUT2D eigenvalue weighted by molar-refractivity contribution is 0.0535. The molecule has 0 saturated heterocycles. The first-order valence-electron chi connectivity index (χ1n) is 11.1. The zero-order valence-corrected chi connectivity index (χ0v) is 18.8. The van der Waals surface area contributed by atoms with Gasteiger partial charge in [0.2, 0.25) is 0 Å². The molecular formula is C27H25N3O3. The molecule has 1 atom stereocenters. The molecule has 3 heterocycles. The summed E-state index contributed by atoms with van der Waals surface area (Å²) in [4.78, 5) is 23.4. The van der Waals surface area contributed by atoms with Crippen LogP contribution in [-0.4, -0.2) is 39.0 Å². The molecule has 166 valence electrons. The lowest BCUT2D eigenvalue weighted by atomic mass is 9.95. The van der Waals surface area contributed by atoms with Crippen molar-refractivity contribution in [2.75, 3.05) is 13.1 Å². The molecule has 2 aromatic carbocycles. The Labute approximate surface area is 193 Å². The van der Waals surface area contributed by atoms with E-state index in [9.17, 15) is 9.90 Å². The maximum absolute atomic E-state index is 11.8. The number of nitrogens with zero attached hydrogens (tertiary/aromatic N) is 3. The molecule has 0 saturated carbocycles. The number of ether oxygens (including phenoxy) is 1. The Morgan fingerprint density at radius 2 is 2.06 bits per heavy atom. The number of hydrogen-bond donors (Lipinski definition) is 1. The number of aliphatic hydroxyl groups is 1. The van der Waals surface area contributed by atoms with Crippen molar-refractivity contribution in [3.8, 4) is 23.7 Å². The molecule has 3 aromatic rings. The number of fused-ring (bicyclic) bond motifs is 2. The first-order valence-corrected chi connectivity index (χ1v) is 11.1. The standard InChI is InChI=1S/C27H25N3O3/c1-4-18-5-6-20(16(2)11-18)26-28-12-19-13-30(10-9-24(19)29-26)14-25(31)21-7-8-22-23(17(21)3)15-33-27(22)32/h1,5-8,11-12,25,31H,9-10,13-15H2,2-3H3. The number of β-amino-alcohol motifs (C(OH)–C–C–N with tert-alkyl or cyclic N) is 1. The Morgan fingerprint density at radius 1 is 1.24 bits per heavy atom. The van der Waals surface area contributed by atoms with E-state index in [0.29, 0.717) is 24.5 Å². The van der Waals surface area contributed by atoms with Gasteiger partial charge >= 0.3 is 5.97 Å². The fourth-order valence-electron chi connectivity index (χ4n) is 4.74. The highest BCUT2D eigenvalue weighted by Crippen LogP contribution is 2.30. The lowest BCUT2D eigenvalue weighted by Gasteiger charge is -2.30. The number of aryl methyl sites for hydroxylation is 1. The summed E-state index contributed by atoms with van der Waals surface area (Å²) in [6.07, 6.45) is 7.54. The van der Waals surface area contributed by atoms with Crippen molar-refractivity contribution in [1.82, 2.24) is 14.9 Å². The van der Waals surface area contributed by atoms with E-state index in [4.69, 9.17) is 16.1 Å². The molecular weight excluding hydrogens is 414 g/mol. The van der Waals surface area contributed by atoms with E-state index in [1.807, 2.05) is 44.3 Å². The van der Waals surface area contributed by atoms with Crippen LogP contribution in [0.1, 0.15) is 55.5 Å². The van der Waals surface area contributed by atoms with Crippen LogP contribution in [-0.2, 0) is 24.3 Å². The van der Waals surface area contributed by atoms with E-state index in [0.717, 1.165) is 57.6 Å². The molecule has 1 aromatic heterocycles. The normalized spacial score (nSPS) is 16.0. The molecule has 0 amide bonds. The second-order valence-corrected chi connectivity index (χ2v) is 8.72. The van der Waals surface area contributed by atoms with Crippen molar-refractivity contribution < 1.29 is 14.6 Å². The molecule has 0 fully saturated rings. The highest BCUT2D eigenvalue weighted by Gasteiger charge is 2.27. The number of carbonyl (C=O) groups excluding carboxylic acids is 1. The number of cyclic esters (lactones) is 1. The third-order valence-corrected chi connectivity index (χ3v) is 6.64. The van der Waals surface area contributed by atoms with Gasteiger partial charge in [-0.3, -0.25) is 4.90 Å². The van der Waals surface area contributed by atoms with Crippen LogP contribution in [0.25, 0.3) is 11.4 Å². The van der Waals surface area contributed by atoms with E-state index in [2.05, 4.69) is 15.8 Å². The lowest BCUT2D eigenvalue weighted by Crippen LogP contribution is -2.34. The number of aromatic nitrogens is 2. The van der Waals surface area contributed by atoms with Crippen LogP contribution in [0.5, 0.6) is 0 Å². The van der Waals surface area contributed by atoms with Crippen molar-refractivity contribution in [3.63, 3.8) is 0 Å². The first kappa shape index (κ1) is 21.3.